The fourth-order valence-electron chi connectivity index (χ4n) is 5.62. The molecule has 2 saturated heterocycles. The number of nitrogen functional groups attached to an aromatic ring is 1. The molecule has 0 radical (unpaired) electrons. The summed E-state index contributed by atoms with van der Waals surface area (Å²) in [5, 5.41) is 0.800. The standard InChI is InChI=1S/C25H34N8O2S2/c1-29-6-10-31(11-7-29)25-28-16-24(36-25)37(34,35)32-12-8-30(9-13-32)17-21-15-27-18-33(21)23-5-3-19-2-4-20(26)14-22(19)23/h2,4,14-16,18,23H,3,5-13,17,26H2,1H3. The summed E-state index contributed by atoms with van der Waals surface area (Å²) in [5.41, 5.74) is 10.7. The van der Waals surface area contributed by atoms with Crippen LogP contribution in [0.15, 0.2) is 41.1 Å². The van der Waals surface area contributed by atoms with Crippen molar-refractivity contribution < 1.29 is 8.42 Å². The number of likely N-dealkylation sites (N-methyl/N-ethyl adjacent to an activating group) is 1. The second kappa shape index (κ2) is 9.99. The second-order valence-electron chi connectivity index (χ2n) is 10.2. The molecule has 1 aromatic carbocycles. The van der Waals surface area contributed by atoms with Crippen LogP contribution in [0.25, 0.3) is 0 Å². The summed E-state index contributed by atoms with van der Waals surface area (Å²) in [4.78, 5) is 15.7. The van der Waals surface area contributed by atoms with E-state index in [0.717, 1.165) is 62.1 Å². The number of hydrogen-bond acceptors (Lipinski definition) is 9. The predicted molar refractivity (Wildman–Crippen MR) is 145 cm³/mol. The Morgan fingerprint density at radius 1 is 1.05 bits per heavy atom. The highest BCUT2D eigenvalue weighted by Crippen LogP contribution is 2.36. The van der Waals surface area contributed by atoms with Crippen LogP contribution in [-0.4, -0.2) is 96.5 Å². The van der Waals surface area contributed by atoms with Crippen molar-refractivity contribution in [3.05, 3.63) is 53.7 Å². The minimum absolute atomic E-state index is 0.249. The SMILES string of the molecule is CN1CCN(c2ncc(S(=O)(=O)N3CCN(Cc4cncn4C4CCc5ccc(N)cc54)CC3)s2)CC1. The normalized spacial score (nSPS) is 22.0. The molecule has 2 fully saturated rings. The summed E-state index contributed by atoms with van der Waals surface area (Å²) in [6.45, 7) is 6.73. The van der Waals surface area contributed by atoms with E-state index in [-0.39, 0.29) is 6.04 Å². The molecule has 2 aromatic heterocycles. The molecule has 0 spiro atoms. The third-order valence-corrected chi connectivity index (χ3v) is 11.2. The molecule has 2 aliphatic heterocycles. The molecule has 1 aliphatic carbocycles. The van der Waals surface area contributed by atoms with Crippen LogP contribution in [-0.2, 0) is 23.0 Å². The summed E-state index contributed by atoms with van der Waals surface area (Å²) in [7, 11) is -1.43. The Kier molecular flexibility index (Phi) is 6.70. The van der Waals surface area contributed by atoms with Gasteiger partial charge in [-0.25, -0.2) is 18.4 Å². The van der Waals surface area contributed by atoms with Gasteiger partial charge in [0.25, 0.3) is 10.0 Å². The van der Waals surface area contributed by atoms with Crippen molar-refractivity contribution in [2.45, 2.75) is 29.6 Å². The van der Waals surface area contributed by atoms with Crippen LogP contribution in [0, 0.1) is 0 Å². The zero-order valence-electron chi connectivity index (χ0n) is 21.2. The number of benzene rings is 1. The van der Waals surface area contributed by atoms with Gasteiger partial charge in [0.2, 0.25) is 0 Å². The van der Waals surface area contributed by atoms with E-state index < -0.39 is 10.0 Å². The maximum Gasteiger partial charge on any atom is 0.254 e. The summed E-state index contributed by atoms with van der Waals surface area (Å²) >= 11 is 1.29. The van der Waals surface area contributed by atoms with E-state index in [2.05, 4.69) is 48.4 Å². The number of piperazine rings is 2. The predicted octanol–water partition coefficient (Wildman–Crippen LogP) is 1.72. The monoisotopic (exact) mass is 542 g/mol. The Morgan fingerprint density at radius 2 is 1.84 bits per heavy atom. The van der Waals surface area contributed by atoms with Crippen molar-refractivity contribution in [1.82, 2.24) is 28.6 Å². The van der Waals surface area contributed by atoms with Gasteiger partial charge >= 0.3 is 0 Å². The first-order valence-corrected chi connectivity index (χ1v) is 15.1. The zero-order valence-corrected chi connectivity index (χ0v) is 22.8. The molecule has 3 aromatic rings. The average molecular weight is 543 g/mol. The molecule has 0 amide bonds. The molecule has 4 heterocycles. The van der Waals surface area contributed by atoms with E-state index in [4.69, 9.17) is 5.73 Å². The quantitative estimate of drug-likeness (QED) is 0.470. The lowest BCUT2D eigenvalue weighted by molar-refractivity contribution is 0.177. The number of imidazole rings is 1. The first kappa shape index (κ1) is 24.8. The van der Waals surface area contributed by atoms with Gasteiger partial charge in [-0.2, -0.15) is 4.31 Å². The number of thiazole rings is 1. The van der Waals surface area contributed by atoms with Gasteiger partial charge in [0.1, 0.15) is 0 Å². The molecule has 3 aliphatic rings. The van der Waals surface area contributed by atoms with Crippen LogP contribution < -0.4 is 10.6 Å². The Hall–Kier alpha value is -2.51. The summed E-state index contributed by atoms with van der Waals surface area (Å²) in [6.07, 6.45) is 7.47. The second-order valence-corrected chi connectivity index (χ2v) is 13.4. The summed E-state index contributed by atoms with van der Waals surface area (Å²) in [5.74, 6) is 0. The number of rotatable bonds is 6. The smallest absolute Gasteiger partial charge is 0.254 e. The number of hydrogen-bond donors (Lipinski definition) is 1. The molecule has 0 bridgehead atoms. The number of sulfonamides is 1. The van der Waals surface area contributed by atoms with Crippen LogP contribution in [0.2, 0.25) is 0 Å². The van der Waals surface area contributed by atoms with E-state index in [9.17, 15) is 8.42 Å². The molecule has 2 N–H and O–H groups in total. The molecule has 6 rings (SSSR count). The van der Waals surface area contributed by atoms with Crippen LogP contribution >= 0.6 is 11.3 Å². The molecule has 1 atom stereocenters. The molecule has 12 heteroatoms. The van der Waals surface area contributed by atoms with Gasteiger partial charge in [0, 0.05) is 70.8 Å². The van der Waals surface area contributed by atoms with E-state index in [1.165, 1.54) is 28.7 Å². The van der Waals surface area contributed by atoms with Crippen molar-refractivity contribution in [3.63, 3.8) is 0 Å². The minimum atomic E-state index is -3.54. The van der Waals surface area contributed by atoms with Crippen LogP contribution in [0.3, 0.4) is 0 Å². The Labute approximate surface area is 222 Å². The minimum Gasteiger partial charge on any atom is -0.399 e. The van der Waals surface area contributed by atoms with Gasteiger partial charge < -0.3 is 20.1 Å². The van der Waals surface area contributed by atoms with Crippen molar-refractivity contribution >= 4 is 32.2 Å². The lowest BCUT2D eigenvalue weighted by Crippen LogP contribution is -2.48. The molecule has 1 unspecified atom stereocenters. The van der Waals surface area contributed by atoms with Gasteiger partial charge in [-0.05, 0) is 43.1 Å². The highest BCUT2D eigenvalue weighted by molar-refractivity contribution is 7.91. The van der Waals surface area contributed by atoms with Gasteiger partial charge in [0.05, 0.1) is 24.3 Å². The van der Waals surface area contributed by atoms with E-state index >= 15 is 0 Å². The number of aromatic nitrogens is 3. The topological polar surface area (TPSA) is 104 Å². The number of anilines is 2. The fraction of sp³-hybridized carbons (Fsp3) is 0.520. The Morgan fingerprint density at radius 3 is 2.62 bits per heavy atom. The molecular weight excluding hydrogens is 508 g/mol. The number of fused-ring (bicyclic) bond motifs is 1. The van der Waals surface area contributed by atoms with Crippen LogP contribution in [0.4, 0.5) is 10.8 Å². The van der Waals surface area contributed by atoms with Gasteiger partial charge in [0.15, 0.2) is 9.34 Å². The van der Waals surface area contributed by atoms with Gasteiger partial charge in [-0.1, -0.05) is 17.4 Å². The van der Waals surface area contributed by atoms with Crippen LogP contribution in [0.1, 0.15) is 29.3 Å². The summed E-state index contributed by atoms with van der Waals surface area (Å²) in [6, 6.07) is 6.45. The fourth-order valence-corrected chi connectivity index (χ4v) is 8.37. The molecule has 198 valence electrons. The van der Waals surface area contributed by atoms with Crippen molar-refractivity contribution in [2.75, 3.05) is 70.0 Å². The maximum atomic E-state index is 13.4. The molecule has 0 saturated carbocycles. The molecule has 10 nitrogen and oxygen atoms in total. The third-order valence-electron chi connectivity index (χ3n) is 7.86. The van der Waals surface area contributed by atoms with Crippen molar-refractivity contribution in [3.8, 4) is 0 Å². The third kappa shape index (κ3) is 4.88. The van der Waals surface area contributed by atoms with Crippen molar-refractivity contribution in [2.24, 2.45) is 0 Å². The zero-order chi connectivity index (χ0) is 25.6. The van der Waals surface area contributed by atoms with E-state index in [1.54, 1.807) is 4.31 Å². The van der Waals surface area contributed by atoms with E-state index in [0.29, 0.717) is 30.4 Å². The van der Waals surface area contributed by atoms with E-state index in [1.807, 2.05) is 18.6 Å². The maximum absolute atomic E-state index is 13.4. The summed E-state index contributed by atoms with van der Waals surface area (Å²) < 4.78 is 30.9. The highest BCUT2D eigenvalue weighted by atomic mass is 32.2. The molecule has 37 heavy (non-hydrogen) atoms. The lowest BCUT2D eigenvalue weighted by atomic mass is 10.1. The number of nitrogens with two attached hydrogens (primary N) is 1. The number of nitrogens with zero attached hydrogens (tertiary/aromatic N) is 7. The highest BCUT2D eigenvalue weighted by Gasteiger charge is 2.32. The number of aryl methyl sites for hydroxylation is 1. The lowest BCUT2D eigenvalue weighted by Gasteiger charge is -2.34. The van der Waals surface area contributed by atoms with Gasteiger partial charge in [-0.15, -0.1) is 0 Å². The Balaban J connectivity index is 1.09. The molecular formula is C25H34N8O2S2. The van der Waals surface area contributed by atoms with Crippen molar-refractivity contribution in [1.29, 1.82) is 0 Å². The first-order valence-electron chi connectivity index (χ1n) is 12.9. The Bertz CT molecular complexity index is 1350. The first-order chi connectivity index (χ1) is 17.9. The largest absolute Gasteiger partial charge is 0.399 e. The van der Waals surface area contributed by atoms with Gasteiger partial charge in [-0.3, -0.25) is 4.90 Å². The van der Waals surface area contributed by atoms with Crippen LogP contribution in [0.5, 0.6) is 0 Å². The average Bonchev–Trinajstić information content (AvgIpc) is 3.65.